The van der Waals surface area contributed by atoms with E-state index < -0.39 is 35.1 Å². The third-order valence-electron chi connectivity index (χ3n) is 5.26. The number of rotatable bonds is 4. The third kappa shape index (κ3) is 5.00. The van der Waals surface area contributed by atoms with E-state index >= 15 is 0 Å². The highest BCUT2D eigenvalue weighted by Gasteiger charge is 2.35. The van der Waals surface area contributed by atoms with Crippen LogP contribution in [0.1, 0.15) is 36.6 Å². The maximum Gasteiger partial charge on any atom is 0.435 e. The molecule has 0 spiro atoms. The molecule has 35 heavy (non-hydrogen) atoms. The van der Waals surface area contributed by atoms with Crippen molar-refractivity contribution in [3.63, 3.8) is 0 Å². The van der Waals surface area contributed by atoms with Gasteiger partial charge in [0.2, 0.25) is 5.95 Å². The summed E-state index contributed by atoms with van der Waals surface area (Å²) in [5, 5.41) is 3.52. The fourth-order valence-electron chi connectivity index (χ4n) is 3.37. The van der Waals surface area contributed by atoms with Gasteiger partial charge in [0.1, 0.15) is 5.69 Å². The zero-order valence-corrected chi connectivity index (χ0v) is 18.2. The van der Waals surface area contributed by atoms with Crippen molar-refractivity contribution in [2.24, 2.45) is 0 Å². The summed E-state index contributed by atoms with van der Waals surface area (Å²) in [4.78, 5) is 11.7. The highest BCUT2D eigenvalue weighted by molar-refractivity contribution is 5.60. The summed E-state index contributed by atoms with van der Waals surface area (Å²) in [6.45, 7) is 3.48. The summed E-state index contributed by atoms with van der Waals surface area (Å²) in [5.74, 6) is -1.17. The Morgan fingerprint density at radius 2 is 1.31 bits per heavy atom. The average molecular weight is 495 g/mol. The van der Waals surface area contributed by atoms with Crippen LogP contribution in [0.15, 0.2) is 60.8 Å². The molecule has 0 atom stereocenters. The van der Waals surface area contributed by atoms with Crippen LogP contribution in [-0.2, 0) is 17.8 Å². The number of pyridine rings is 3. The van der Waals surface area contributed by atoms with Gasteiger partial charge >= 0.3 is 12.4 Å². The SMILES string of the molecule is CC(C)(c1cccc(-c2cc(F)nc(C(F)(F)F)c2)n1)c1cccc(-n2ccc(C(F)(F)F)n2)n1. The molecule has 182 valence electrons. The lowest BCUT2D eigenvalue weighted by Crippen LogP contribution is -2.23. The zero-order chi connectivity index (χ0) is 25.6. The lowest BCUT2D eigenvalue weighted by molar-refractivity contribution is -0.142. The number of hydrogen-bond acceptors (Lipinski definition) is 4. The van der Waals surface area contributed by atoms with Gasteiger partial charge in [0.05, 0.1) is 17.1 Å². The summed E-state index contributed by atoms with van der Waals surface area (Å²) in [5.41, 5.74) is -2.60. The Kier molecular flexibility index (Phi) is 5.86. The van der Waals surface area contributed by atoms with Gasteiger partial charge in [0.15, 0.2) is 11.5 Å². The Labute approximate surface area is 194 Å². The van der Waals surface area contributed by atoms with E-state index in [1.54, 1.807) is 38.1 Å². The van der Waals surface area contributed by atoms with Crippen LogP contribution in [0.25, 0.3) is 17.1 Å². The van der Waals surface area contributed by atoms with Crippen molar-refractivity contribution in [3.05, 3.63) is 89.5 Å². The van der Waals surface area contributed by atoms with Gasteiger partial charge in [-0.15, -0.1) is 0 Å². The second-order valence-corrected chi connectivity index (χ2v) is 8.12. The largest absolute Gasteiger partial charge is 0.435 e. The first-order chi connectivity index (χ1) is 16.2. The Morgan fingerprint density at radius 3 is 1.94 bits per heavy atom. The molecule has 4 rings (SSSR count). The second kappa shape index (κ2) is 8.43. The molecule has 0 aliphatic rings. The summed E-state index contributed by atoms with van der Waals surface area (Å²) in [7, 11) is 0. The van der Waals surface area contributed by atoms with Gasteiger partial charge in [-0.05, 0) is 50.2 Å². The molecule has 0 bridgehead atoms. The Hall–Kier alpha value is -3.83. The molecule has 0 amide bonds. The van der Waals surface area contributed by atoms with Gasteiger partial charge in [0.25, 0.3) is 0 Å². The first kappa shape index (κ1) is 24.3. The average Bonchev–Trinajstić information content (AvgIpc) is 3.29. The van der Waals surface area contributed by atoms with Gasteiger partial charge in [-0.25, -0.2) is 14.6 Å². The molecular weight excluding hydrogens is 479 g/mol. The van der Waals surface area contributed by atoms with E-state index in [-0.39, 0.29) is 17.1 Å². The molecule has 5 nitrogen and oxygen atoms in total. The van der Waals surface area contributed by atoms with E-state index in [1.165, 1.54) is 12.1 Å². The third-order valence-corrected chi connectivity index (χ3v) is 5.26. The molecule has 0 aliphatic carbocycles. The van der Waals surface area contributed by atoms with Crippen molar-refractivity contribution in [2.45, 2.75) is 31.6 Å². The predicted molar refractivity (Wildman–Crippen MR) is 111 cm³/mol. The quantitative estimate of drug-likeness (QED) is 0.249. The summed E-state index contributed by atoms with van der Waals surface area (Å²) in [6, 6.07) is 11.7. The van der Waals surface area contributed by atoms with Crippen LogP contribution in [-0.4, -0.2) is 24.7 Å². The van der Waals surface area contributed by atoms with Gasteiger partial charge in [-0.3, -0.25) is 4.98 Å². The Bertz CT molecular complexity index is 1370. The number of halogens is 7. The molecule has 4 aromatic heterocycles. The number of aromatic nitrogens is 5. The molecular formula is C23H16F7N5. The van der Waals surface area contributed by atoms with E-state index in [9.17, 15) is 30.7 Å². The van der Waals surface area contributed by atoms with Gasteiger partial charge in [-0.1, -0.05) is 12.1 Å². The standard InChI is InChI=1S/C23H16F7N5/c1-21(2,16-7-4-8-20(33-16)35-10-9-17(34-35)22(25,26)27)15-6-3-5-14(31-15)13-11-18(23(28,29)30)32-19(24)12-13/h3-12H,1-2H3. The van der Waals surface area contributed by atoms with E-state index in [1.807, 2.05) is 0 Å². The molecule has 0 fully saturated rings. The molecule has 0 N–H and O–H groups in total. The topological polar surface area (TPSA) is 56.5 Å². The molecule has 0 aromatic carbocycles. The Balaban J connectivity index is 1.72. The van der Waals surface area contributed by atoms with E-state index in [0.717, 1.165) is 23.0 Å². The van der Waals surface area contributed by atoms with Crippen molar-refractivity contribution in [2.75, 3.05) is 0 Å². The lowest BCUT2D eigenvalue weighted by Gasteiger charge is -2.24. The first-order valence-corrected chi connectivity index (χ1v) is 10.1. The van der Waals surface area contributed by atoms with Crippen LogP contribution in [0, 0.1) is 5.95 Å². The van der Waals surface area contributed by atoms with Crippen molar-refractivity contribution in [1.82, 2.24) is 24.7 Å². The van der Waals surface area contributed by atoms with Crippen LogP contribution in [0.4, 0.5) is 30.7 Å². The predicted octanol–water partition coefficient (Wildman–Crippen LogP) is 6.23. The maximum absolute atomic E-state index is 13.8. The van der Waals surface area contributed by atoms with Crippen LogP contribution in [0.3, 0.4) is 0 Å². The number of hydrogen-bond donors (Lipinski definition) is 0. The normalized spacial score (nSPS) is 12.7. The van der Waals surface area contributed by atoms with Crippen LogP contribution in [0.5, 0.6) is 0 Å². The molecule has 0 saturated heterocycles. The number of alkyl halides is 6. The van der Waals surface area contributed by atoms with Crippen LogP contribution in [0.2, 0.25) is 0 Å². The molecule has 0 radical (unpaired) electrons. The molecule has 0 aliphatic heterocycles. The highest BCUT2D eigenvalue weighted by atomic mass is 19.4. The lowest BCUT2D eigenvalue weighted by atomic mass is 9.84. The van der Waals surface area contributed by atoms with Crippen LogP contribution < -0.4 is 0 Å². The van der Waals surface area contributed by atoms with Crippen molar-refractivity contribution < 1.29 is 30.7 Å². The van der Waals surface area contributed by atoms with E-state index in [4.69, 9.17) is 0 Å². The van der Waals surface area contributed by atoms with E-state index in [0.29, 0.717) is 17.5 Å². The maximum atomic E-state index is 13.8. The summed E-state index contributed by atoms with van der Waals surface area (Å²) in [6.07, 6.45) is -8.31. The molecule has 12 heteroatoms. The summed E-state index contributed by atoms with van der Waals surface area (Å²) < 4.78 is 92.7. The van der Waals surface area contributed by atoms with Crippen molar-refractivity contribution >= 4 is 0 Å². The van der Waals surface area contributed by atoms with Crippen molar-refractivity contribution in [1.29, 1.82) is 0 Å². The fraction of sp³-hybridized carbons (Fsp3) is 0.217. The van der Waals surface area contributed by atoms with Crippen molar-refractivity contribution in [3.8, 4) is 17.1 Å². The Morgan fingerprint density at radius 1 is 0.686 bits per heavy atom. The number of nitrogens with zero attached hydrogens (tertiary/aromatic N) is 5. The second-order valence-electron chi connectivity index (χ2n) is 8.12. The summed E-state index contributed by atoms with van der Waals surface area (Å²) >= 11 is 0. The minimum atomic E-state index is -4.84. The van der Waals surface area contributed by atoms with Gasteiger partial charge in [0, 0.05) is 23.2 Å². The molecule has 0 saturated carbocycles. The van der Waals surface area contributed by atoms with Gasteiger partial charge in [-0.2, -0.15) is 35.8 Å². The van der Waals surface area contributed by atoms with E-state index in [2.05, 4.69) is 20.1 Å². The highest BCUT2D eigenvalue weighted by Crippen LogP contribution is 2.34. The van der Waals surface area contributed by atoms with Crippen LogP contribution >= 0.6 is 0 Å². The smallest absolute Gasteiger partial charge is 0.252 e. The zero-order valence-electron chi connectivity index (χ0n) is 18.2. The molecule has 4 aromatic rings. The first-order valence-electron chi connectivity index (χ1n) is 10.1. The monoisotopic (exact) mass is 495 g/mol. The van der Waals surface area contributed by atoms with Gasteiger partial charge < -0.3 is 0 Å². The minimum Gasteiger partial charge on any atom is -0.252 e. The molecule has 4 heterocycles. The minimum absolute atomic E-state index is 0.0837. The fourth-order valence-corrected chi connectivity index (χ4v) is 3.37. The molecule has 0 unspecified atom stereocenters.